The van der Waals surface area contributed by atoms with Crippen molar-refractivity contribution >= 4 is 11.6 Å². The number of hydrogen-bond acceptors (Lipinski definition) is 2. The molecule has 1 atom stereocenters. The first-order valence-electron chi connectivity index (χ1n) is 7.89. The number of hydrogen-bond donors (Lipinski definition) is 1. The van der Waals surface area contributed by atoms with Gasteiger partial charge in [-0.25, -0.2) is 0 Å². The van der Waals surface area contributed by atoms with E-state index in [0.29, 0.717) is 24.3 Å². The Kier molecular flexibility index (Phi) is 4.06. The zero-order chi connectivity index (χ0) is 13.9. The quantitative estimate of drug-likeness (QED) is 0.915. The normalized spacial score (nSPS) is 22.2. The second kappa shape index (κ2) is 5.96. The van der Waals surface area contributed by atoms with Crippen molar-refractivity contribution in [3.8, 4) is 0 Å². The summed E-state index contributed by atoms with van der Waals surface area (Å²) in [4.78, 5) is 14.6. The van der Waals surface area contributed by atoms with Crippen LogP contribution in [0.3, 0.4) is 0 Å². The summed E-state index contributed by atoms with van der Waals surface area (Å²) in [7, 11) is 0. The fourth-order valence-corrected chi connectivity index (χ4v) is 3.75. The maximum absolute atomic E-state index is 12.6. The van der Waals surface area contributed by atoms with Gasteiger partial charge in [-0.05, 0) is 43.4 Å². The van der Waals surface area contributed by atoms with Gasteiger partial charge in [-0.3, -0.25) is 4.79 Å². The third-order valence-electron chi connectivity index (χ3n) is 4.82. The molecule has 1 aliphatic heterocycles. The molecule has 0 saturated heterocycles. The number of nitrogens with two attached hydrogens (primary N) is 1. The zero-order valence-electron chi connectivity index (χ0n) is 12.1. The molecule has 1 heterocycles. The first-order chi connectivity index (χ1) is 9.79. The summed E-state index contributed by atoms with van der Waals surface area (Å²) in [5.74, 6) is 1.34. The topological polar surface area (TPSA) is 46.3 Å². The van der Waals surface area contributed by atoms with E-state index in [4.69, 9.17) is 5.73 Å². The fourth-order valence-electron chi connectivity index (χ4n) is 3.75. The summed E-state index contributed by atoms with van der Waals surface area (Å²) >= 11 is 0. The molecule has 2 N–H and O–H groups in total. The largest absolute Gasteiger partial charge is 0.330 e. The van der Waals surface area contributed by atoms with Crippen LogP contribution in [0, 0.1) is 5.92 Å². The Hall–Kier alpha value is -1.35. The van der Waals surface area contributed by atoms with E-state index in [9.17, 15) is 4.79 Å². The number of carbonyl (C=O) groups excluding carboxylic acids is 1. The van der Waals surface area contributed by atoms with E-state index in [1.165, 1.54) is 31.2 Å². The maximum Gasteiger partial charge on any atom is 0.227 e. The molecule has 1 aliphatic carbocycles. The fraction of sp³-hybridized carbons (Fsp3) is 0.588. The van der Waals surface area contributed by atoms with E-state index in [1.807, 2.05) is 11.0 Å². The van der Waals surface area contributed by atoms with Gasteiger partial charge in [0.05, 0.1) is 0 Å². The molecule has 20 heavy (non-hydrogen) atoms. The highest BCUT2D eigenvalue weighted by Crippen LogP contribution is 2.39. The Labute approximate surface area is 121 Å². The molecule has 3 nitrogen and oxygen atoms in total. The lowest BCUT2D eigenvalue weighted by Gasteiger charge is -2.20. The summed E-state index contributed by atoms with van der Waals surface area (Å²) in [6, 6.07) is 8.32. The van der Waals surface area contributed by atoms with E-state index in [0.717, 1.165) is 25.1 Å². The van der Waals surface area contributed by atoms with Crippen molar-refractivity contribution < 1.29 is 4.79 Å². The highest BCUT2D eigenvalue weighted by atomic mass is 16.2. The first-order valence-corrected chi connectivity index (χ1v) is 7.89. The maximum atomic E-state index is 12.6. The summed E-state index contributed by atoms with van der Waals surface area (Å²) < 4.78 is 0. The number of benzene rings is 1. The molecule has 0 radical (unpaired) electrons. The molecule has 0 bridgehead atoms. The molecule has 1 saturated carbocycles. The predicted molar refractivity (Wildman–Crippen MR) is 81.8 cm³/mol. The van der Waals surface area contributed by atoms with Gasteiger partial charge in [0.2, 0.25) is 5.91 Å². The minimum atomic E-state index is 0.309. The van der Waals surface area contributed by atoms with Crippen LogP contribution in [-0.4, -0.2) is 19.0 Å². The van der Waals surface area contributed by atoms with Gasteiger partial charge in [0.15, 0.2) is 0 Å². The van der Waals surface area contributed by atoms with Crippen molar-refractivity contribution in [2.24, 2.45) is 11.7 Å². The summed E-state index contributed by atoms with van der Waals surface area (Å²) in [6.07, 6.45) is 6.74. The SMILES string of the molecule is NCCC1CN(C(=O)CC2CCCC2)c2ccccc21. The lowest BCUT2D eigenvalue weighted by atomic mass is 9.98. The average Bonchev–Trinajstić information content (AvgIpc) is 3.08. The van der Waals surface area contributed by atoms with Crippen molar-refractivity contribution in [1.82, 2.24) is 0 Å². The van der Waals surface area contributed by atoms with Crippen LogP contribution in [0.4, 0.5) is 5.69 Å². The van der Waals surface area contributed by atoms with Crippen LogP contribution in [0.5, 0.6) is 0 Å². The molecule has 1 fully saturated rings. The lowest BCUT2D eigenvalue weighted by Crippen LogP contribution is -2.31. The minimum absolute atomic E-state index is 0.309. The molecular formula is C17H24N2O. The molecule has 1 unspecified atom stereocenters. The number of nitrogens with zero attached hydrogens (tertiary/aromatic N) is 1. The van der Waals surface area contributed by atoms with Gasteiger partial charge in [0.25, 0.3) is 0 Å². The molecule has 1 amide bonds. The Morgan fingerprint density at radius 2 is 2.00 bits per heavy atom. The van der Waals surface area contributed by atoms with Crippen LogP contribution in [0.25, 0.3) is 0 Å². The molecule has 3 rings (SSSR count). The second-order valence-corrected chi connectivity index (χ2v) is 6.19. The van der Waals surface area contributed by atoms with Crippen LogP contribution >= 0.6 is 0 Å². The van der Waals surface area contributed by atoms with Crippen molar-refractivity contribution in [2.45, 2.75) is 44.4 Å². The van der Waals surface area contributed by atoms with Crippen LogP contribution in [0.1, 0.15) is 50.0 Å². The monoisotopic (exact) mass is 272 g/mol. The molecular weight excluding hydrogens is 248 g/mol. The van der Waals surface area contributed by atoms with Crippen molar-refractivity contribution in [2.75, 3.05) is 18.0 Å². The molecule has 2 aliphatic rings. The molecule has 1 aromatic rings. The van der Waals surface area contributed by atoms with E-state index in [1.54, 1.807) is 0 Å². The van der Waals surface area contributed by atoms with Crippen LogP contribution in [-0.2, 0) is 4.79 Å². The molecule has 0 spiro atoms. The van der Waals surface area contributed by atoms with Crippen LogP contribution in [0.15, 0.2) is 24.3 Å². The van der Waals surface area contributed by atoms with Gasteiger partial charge in [-0.15, -0.1) is 0 Å². The van der Waals surface area contributed by atoms with Crippen molar-refractivity contribution in [1.29, 1.82) is 0 Å². The van der Waals surface area contributed by atoms with Gasteiger partial charge in [-0.1, -0.05) is 31.0 Å². The zero-order valence-corrected chi connectivity index (χ0v) is 12.1. The molecule has 108 valence electrons. The summed E-state index contributed by atoms with van der Waals surface area (Å²) in [5, 5.41) is 0. The van der Waals surface area contributed by atoms with Gasteiger partial charge in [0, 0.05) is 24.6 Å². The Bertz CT molecular complexity index is 480. The molecule has 1 aromatic carbocycles. The minimum Gasteiger partial charge on any atom is -0.330 e. The Morgan fingerprint density at radius 3 is 2.75 bits per heavy atom. The van der Waals surface area contributed by atoms with Crippen molar-refractivity contribution in [3.63, 3.8) is 0 Å². The van der Waals surface area contributed by atoms with Gasteiger partial charge < -0.3 is 10.6 Å². The summed E-state index contributed by atoms with van der Waals surface area (Å²) in [5.41, 5.74) is 8.14. The number of fused-ring (bicyclic) bond motifs is 1. The number of rotatable bonds is 4. The van der Waals surface area contributed by atoms with E-state index in [2.05, 4.69) is 18.2 Å². The molecule has 3 heteroatoms. The van der Waals surface area contributed by atoms with E-state index < -0.39 is 0 Å². The number of amides is 1. The highest BCUT2D eigenvalue weighted by Gasteiger charge is 2.32. The van der Waals surface area contributed by atoms with Crippen LogP contribution < -0.4 is 10.6 Å². The standard InChI is InChI=1S/C17H24N2O/c18-10-9-14-12-19(16-8-4-3-7-15(14)16)17(20)11-13-5-1-2-6-13/h3-4,7-8,13-14H,1-2,5-6,9-12,18H2. The summed E-state index contributed by atoms with van der Waals surface area (Å²) in [6.45, 7) is 1.51. The lowest BCUT2D eigenvalue weighted by molar-refractivity contribution is -0.119. The van der Waals surface area contributed by atoms with Crippen LogP contribution in [0.2, 0.25) is 0 Å². The first kappa shape index (κ1) is 13.6. The number of carbonyl (C=O) groups is 1. The Balaban J connectivity index is 1.75. The smallest absolute Gasteiger partial charge is 0.227 e. The molecule has 0 aromatic heterocycles. The third kappa shape index (κ3) is 2.59. The van der Waals surface area contributed by atoms with Gasteiger partial charge in [0.1, 0.15) is 0 Å². The third-order valence-corrected chi connectivity index (χ3v) is 4.82. The Morgan fingerprint density at radius 1 is 1.25 bits per heavy atom. The number of anilines is 1. The van der Waals surface area contributed by atoms with Crippen molar-refractivity contribution in [3.05, 3.63) is 29.8 Å². The predicted octanol–water partition coefficient (Wildman–Crippen LogP) is 3.05. The second-order valence-electron chi connectivity index (χ2n) is 6.19. The average molecular weight is 272 g/mol. The van der Waals surface area contributed by atoms with Gasteiger partial charge in [-0.2, -0.15) is 0 Å². The highest BCUT2D eigenvalue weighted by molar-refractivity contribution is 5.96. The van der Waals surface area contributed by atoms with E-state index in [-0.39, 0.29) is 0 Å². The van der Waals surface area contributed by atoms with E-state index >= 15 is 0 Å². The number of para-hydroxylation sites is 1. The van der Waals surface area contributed by atoms with Gasteiger partial charge >= 0.3 is 0 Å².